The maximum atomic E-state index is 12.4. The van der Waals surface area contributed by atoms with E-state index in [1.807, 2.05) is 13.0 Å². The molecule has 4 nitrogen and oxygen atoms in total. The second-order valence-corrected chi connectivity index (χ2v) is 6.98. The predicted molar refractivity (Wildman–Crippen MR) is 92.4 cm³/mol. The van der Waals surface area contributed by atoms with Crippen molar-refractivity contribution in [3.8, 4) is 11.5 Å². The third kappa shape index (κ3) is 3.62. The smallest absolute Gasteiger partial charge is 0.237 e. The molecule has 0 unspecified atom stereocenters. The van der Waals surface area contributed by atoms with Gasteiger partial charge in [-0.3, -0.25) is 4.79 Å². The van der Waals surface area contributed by atoms with Gasteiger partial charge in [0.25, 0.3) is 0 Å². The normalized spacial score (nSPS) is 13.7. The number of benzene rings is 2. The minimum absolute atomic E-state index is 0.0351. The van der Waals surface area contributed by atoms with Gasteiger partial charge in [0.1, 0.15) is 0 Å². The summed E-state index contributed by atoms with van der Waals surface area (Å²) >= 11 is 1.55. The Morgan fingerprint density at radius 3 is 2.65 bits per heavy atom. The zero-order valence-corrected chi connectivity index (χ0v) is 14.2. The number of carbonyl (C=O) groups is 1. The molecule has 1 N–H and O–H groups in total. The standard InChI is InChI=1S/C18H19NO3S/c1-11-4-6-15(8-12(11)2)23-13(3)18(20)19-14-5-7-16-17(9-14)22-10-21-16/h4-9,13H,10H2,1-3H3,(H,19,20)/t13-/m0/s1. The van der Waals surface area contributed by atoms with Crippen molar-refractivity contribution in [2.24, 2.45) is 0 Å². The van der Waals surface area contributed by atoms with E-state index in [0.717, 1.165) is 4.90 Å². The van der Waals surface area contributed by atoms with Crippen LogP contribution >= 0.6 is 11.8 Å². The largest absolute Gasteiger partial charge is 0.454 e. The number of amides is 1. The zero-order valence-electron chi connectivity index (χ0n) is 13.4. The SMILES string of the molecule is Cc1ccc(S[C@@H](C)C(=O)Nc2ccc3c(c2)OCO3)cc1C. The average molecular weight is 329 g/mol. The summed E-state index contributed by atoms with van der Waals surface area (Å²) in [6.07, 6.45) is 0. The highest BCUT2D eigenvalue weighted by atomic mass is 32.2. The molecule has 0 radical (unpaired) electrons. The molecule has 1 heterocycles. The molecular formula is C18H19NO3S. The second kappa shape index (κ2) is 6.54. The number of ether oxygens (including phenoxy) is 2. The molecule has 5 heteroatoms. The van der Waals surface area contributed by atoms with E-state index in [1.54, 1.807) is 23.9 Å². The van der Waals surface area contributed by atoms with Crippen LogP contribution in [0.25, 0.3) is 0 Å². The molecule has 1 atom stereocenters. The lowest BCUT2D eigenvalue weighted by atomic mass is 10.1. The van der Waals surface area contributed by atoms with Gasteiger partial charge in [-0.1, -0.05) is 6.07 Å². The van der Waals surface area contributed by atoms with Crippen LogP contribution in [0.1, 0.15) is 18.1 Å². The van der Waals surface area contributed by atoms with Crippen LogP contribution in [0, 0.1) is 13.8 Å². The van der Waals surface area contributed by atoms with Crippen molar-refractivity contribution < 1.29 is 14.3 Å². The summed E-state index contributed by atoms with van der Waals surface area (Å²) in [5, 5.41) is 2.73. The second-order valence-electron chi connectivity index (χ2n) is 5.56. The summed E-state index contributed by atoms with van der Waals surface area (Å²) in [5.41, 5.74) is 3.21. The van der Waals surface area contributed by atoms with Crippen molar-refractivity contribution in [3.05, 3.63) is 47.5 Å². The lowest BCUT2D eigenvalue weighted by Gasteiger charge is -2.13. The Hall–Kier alpha value is -2.14. The fourth-order valence-electron chi connectivity index (χ4n) is 2.26. The van der Waals surface area contributed by atoms with Crippen LogP contribution < -0.4 is 14.8 Å². The molecule has 0 saturated carbocycles. The van der Waals surface area contributed by atoms with Crippen molar-refractivity contribution >= 4 is 23.4 Å². The molecule has 0 aliphatic carbocycles. The summed E-state index contributed by atoms with van der Waals surface area (Å²) in [4.78, 5) is 13.5. The first-order valence-corrected chi connectivity index (χ1v) is 8.35. The van der Waals surface area contributed by atoms with E-state index in [-0.39, 0.29) is 18.0 Å². The van der Waals surface area contributed by atoms with E-state index in [2.05, 4.69) is 37.4 Å². The average Bonchev–Trinajstić information content (AvgIpc) is 2.98. The third-order valence-electron chi connectivity index (χ3n) is 3.80. The Morgan fingerprint density at radius 2 is 1.87 bits per heavy atom. The first-order valence-electron chi connectivity index (χ1n) is 7.47. The molecule has 3 rings (SSSR count). The van der Waals surface area contributed by atoms with E-state index < -0.39 is 0 Å². The molecule has 0 spiro atoms. The number of anilines is 1. The van der Waals surface area contributed by atoms with Crippen molar-refractivity contribution in [1.82, 2.24) is 0 Å². The van der Waals surface area contributed by atoms with Crippen LogP contribution in [0.3, 0.4) is 0 Å². The minimum Gasteiger partial charge on any atom is -0.454 e. The molecule has 2 aromatic carbocycles. The number of rotatable bonds is 4. The van der Waals surface area contributed by atoms with Crippen LogP contribution in [0.15, 0.2) is 41.3 Å². The highest BCUT2D eigenvalue weighted by Gasteiger charge is 2.17. The molecule has 120 valence electrons. The number of carbonyl (C=O) groups excluding carboxylic acids is 1. The third-order valence-corrected chi connectivity index (χ3v) is 4.89. The van der Waals surface area contributed by atoms with Gasteiger partial charge in [0.05, 0.1) is 5.25 Å². The first-order chi connectivity index (χ1) is 11.0. The predicted octanol–water partition coefficient (Wildman–Crippen LogP) is 4.15. The molecule has 0 aromatic heterocycles. The summed E-state index contributed by atoms with van der Waals surface area (Å²) in [6, 6.07) is 11.7. The van der Waals surface area contributed by atoms with Gasteiger partial charge in [0.2, 0.25) is 12.7 Å². The first kappa shape index (κ1) is 15.7. The topological polar surface area (TPSA) is 47.6 Å². The zero-order chi connectivity index (χ0) is 16.4. The molecule has 0 fully saturated rings. The minimum atomic E-state index is -0.192. The van der Waals surface area contributed by atoms with Gasteiger partial charge in [0, 0.05) is 16.6 Å². The van der Waals surface area contributed by atoms with Gasteiger partial charge in [-0.15, -0.1) is 11.8 Å². The maximum Gasteiger partial charge on any atom is 0.237 e. The number of aryl methyl sites for hydroxylation is 2. The van der Waals surface area contributed by atoms with E-state index in [4.69, 9.17) is 9.47 Å². The summed E-state index contributed by atoms with van der Waals surface area (Å²) < 4.78 is 10.6. The van der Waals surface area contributed by atoms with Crippen molar-refractivity contribution in [3.63, 3.8) is 0 Å². The maximum absolute atomic E-state index is 12.4. The van der Waals surface area contributed by atoms with Crippen molar-refractivity contribution in [2.45, 2.75) is 30.9 Å². The van der Waals surface area contributed by atoms with Gasteiger partial charge in [0.15, 0.2) is 11.5 Å². The van der Waals surface area contributed by atoms with Crippen molar-refractivity contribution in [1.29, 1.82) is 0 Å². The number of thioether (sulfide) groups is 1. The Labute approximate surface area is 140 Å². The van der Waals surface area contributed by atoms with Crippen LogP contribution in [-0.4, -0.2) is 18.0 Å². The van der Waals surface area contributed by atoms with E-state index in [0.29, 0.717) is 17.2 Å². The summed E-state index contributed by atoms with van der Waals surface area (Å²) in [7, 11) is 0. The molecule has 1 aliphatic rings. The summed E-state index contributed by atoms with van der Waals surface area (Å²) in [6.45, 7) is 6.30. The number of hydrogen-bond acceptors (Lipinski definition) is 4. The Kier molecular flexibility index (Phi) is 4.48. The van der Waals surface area contributed by atoms with E-state index in [1.165, 1.54) is 11.1 Å². The van der Waals surface area contributed by atoms with Gasteiger partial charge in [-0.05, 0) is 56.2 Å². The summed E-state index contributed by atoms with van der Waals surface area (Å²) in [5.74, 6) is 1.34. The van der Waals surface area contributed by atoms with Crippen LogP contribution in [-0.2, 0) is 4.79 Å². The number of fused-ring (bicyclic) bond motifs is 1. The molecular weight excluding hydrogens is 310 g/mol. The molecule has 1 aliphatic heterocycles. The Bertz CT molecular complexity index is 745. The highest BCUT2D eigenvalue weighted by Crippen LogP contribution is 2.34. The van der Waals surface area contributed by atoms with E-state index >= 15 is 0 Å². The molecule has 23 heavy (non-hydrogen) atoms. The number of hydrogen-bond donors (Lipinski definition) is 1. The van der Waals surface area contributed by atoms with Crippen LogP contribution in [0.5, 0.6) is 11.5 Å². The monoisotopic (exact) mass is 329 g/mol. The lowest BCUT2D eigenvalue weighted by molar-refractivity contribution is -0.115. The van der Waals surface area contributed by atoms with Crippen LogP contribution in [0.4, 0.5) is 5.69 Å². The Morgan fingerprint density at radius 1 is 1.09 bits per heavy atom. The molecule has 0 bridgehead atoms. The fraction of sp³-hybridized carbons (Fsp3) is 0.278. The number of nitrogens with one attached hydrogen (secondary N) is 1. The quantitative estimate of drug-likeness (QED) is 0.856. The molecule has 2 aromatic rings. The van der Waals surface area contributed by atoms with Crippen LogP contribution in [0.2, 0.25) is 0 Å². The Balaban J connectivity index is 1.64. The highest BCUT2D eigenvalue weighted by molar-refractivity contribution is 8.00. The fourth-order valence-corrected chi connectivity index (χ4v) is 3.23. The molecule has 0 saturated heterocycles. The van der Waals surface area contributed by atoms with Gasteiger partial charge in [-0.25, -0.2) is 0 Å². The van der Waals surface area contributed by atoms with Gasteiger partial charge < -0.3 is 14.8 Å². The lowest BCUT2D eigenvalue weighted by Crippen LogP contribution is -2.22. The van der Waals surface area contributed by atoms with Gasteiger partial charge in [-0.2, -0.15) is 0 Å². The molecule has 1 amide bonds. The van der Waals surface area contributed by atoms with Crippen molar-refractivity contribution in [2.75, 3.05) is 12.1 Å². The van der Waals surface area contributed by atoms with E-state index in [9.17, 15) is 4.79 Å². The van der Waals surface area contributed by atoms with Gasteiger partial charge >= 0.3 is 0 Å².